The fraction of sp³-hybridized carbons (Fsp3) is 0.529. The van der Waals surface area contributed by atoms with E-state index in [0.29, 0.717) is 17.7 Å². The largest absolute Gasteiger partial charge is 0.491 e. The highest BCUT2D eigenvalue weighted by molar-refractivity contribution is 6.55. The standard InChI is InChI=1S/C17H25BFNO3/c1-16(2)17(3,4)23-18(22-16)14(10-20-5)9-13-8-12(11-21)6-7-15(13)19/h6-9,20-21H,10-11H2,1-5H3. The zero-order chi connectivity index (χ0) is 17.3. The summed E-state index contributed by atoms with van der Waals surface area (Å²) >= 11 is 0. The van der Waals surface area contributed by atoms with E-state index in [1.807, 2.05) is 34.7 Å². The molecule has 0 unspecified atom stereocenters. The first-order valence-corrected chi connectivity index (χ1v) is 7.80. The Kier molecular flexibility index (Phi) is 5.31. The maximum atomic E-state index is 14.1. The van der Waals surface area contributed by atoms with E-state index < -0.39 is 18.3 Å². The lowest BCUT2D eigenvalue weighted by Crippen LogP contribution is -2.41. The highest BCUT2D eigenvalue weighted by Gasteiger charge is 2.52. The van der Waals surface area contributed by atoms with Gasteiger partial charge in [0.2, 0.25) is 0 Å². The number of rotatable bonds is 5. The molecule has 126 valence electrons. The molecule has 1 saturated heterocycles. The molecule has 2 rings (SSSR count). The third kappa shape index (κ3) is 3.83. The second-order valence-corrected chi connectivity index (χ2v) is 6.85. The molecule has 0 radical (unpaired) electrons. The van der Waals surface area contributed by atoms with Gasteiger partial charge in [0.05, 0.1) is 17.8 Å². The van der Waals surface area contributed by atoms with E-state index >= 15 is 0 Å². The van der Waals surface area contributed by atoms with Gasteiger partial charge >= 0.3 is 7.12 Å². The fourth-order valence-corrected chi connectivity index (χ4v) is 2.40. The Hall–Kier alpha value is -1.21. The first kappa shape index (κ1) is 18.1. The van der Waals surface area contributed by atoms with E-state index in [9.17, 15) is 9.50 Å². The molecule has 1 aliphatic heterocycles. The topological polar surface area (TPSA) is 50.7 Å². The number of likely N-dealkylation sites (N-methyl/N-ethyl adjacent to an activating group) is 1. The van der Waals surface area contributed by atoms with Gasteiger partial charge in [0, 0.05) is 12.1 Å². The molecule has 1 aliphatic rings. The van der Waals surface area contributed by atoms with Crippen molar-refractivity contribution in [1.29, 1.82) is 0 Å². The number of benzene rings is 1. The lowest BCUT2D eigenvalue weighted by molar-refractivity contribution is 0.00578. The second kappa shape index (κ2) is 6.73. The van der Waals surface area contributed by atoms with Crippen LogP contribution in [0.1, 0.15) is 38.8 Å². The number of hydrogen-bond acceptors (Lipinski definition) is 4. The van der Waals surface area contributed by atoms with E-state index in [4.69, 9.17) is 9.31 Å². The van der Waals surface area contributed by atoms with E-state index in [-0.39, 0.29) is 12.4 Å². The molecule has 0 saturated carbocycles. The highest BCUT2D eigenvalue weighted by atomic mass is 19.1. The monoisotopic (exact) mass is 321 g/mol. The van der Waals surface area contributed by atoms with E-state index in [2.05, 4.69) is 5.32 Å². The van der Waals surface area contributed by atoms with Crippen molar-refractivity contribution in [1.82, 2.24) is 5.32 Å². The van der Waals surface area contributed by atoms with Crippen molar-refractivity contribution in [2.24, 2.45) is 0 Å². The van der Waals surface area contributed by atoms with Crippen molar-refractivity contribution in [3.05, 3.63) is 40.6 Å². The van der Waals surface area contributed by atoms with E-state index in [1.165, 1.54) is 6.07 Å². The fourth-order valence-electron chi connectivity index (χ4n) is 2.40. The van der Waals surface area contributed by atoms with E-state index in [0.717, 1.165) is 5.47 Å². The summed E-state index contributed by atoms with van der Waals surface area (Å²) in [7, 11) is 1.28. The number of aliphatic hydroxyl groups excluding tert-OH is 1. The molecule has 0 amide bonds. The average Bonchev–Trinajstić information content (AvgIpc) is 2.69. The third-order valence-electron chi connectivity index (χ3n) is 4.52. The number of halogens is 1. The first-order chi connectivity index (χ1) is 10.7. The Morgan fingerprint density at radius 2 is 1.87 bits per heavy atom. The molecule has 23 heavy (non-hydrogen) atoms. The van der Waals surface area contributed by atoms with Crippen molar-refractivity contribution in [3.63, 3.8) is 0 Å². The molecular weight excluding hydrogens is 296 g/mol. The van der Waals surface area contributed by atoms with Crippen molar-refractivity contribution in [2.75, 3.05) is 13.6 Å². The van der Waals surface area contributed by atoms with Gasteiger partial charge in [-0.05, 0) is 57.9 Å². The Balaban J connectivity index is 2.36. The van der Waals surface area contributed by atoms with Crippen LogP contribution < -0.4 is 5.32 Å². The van der Waals surface area contributed by atoms with Gasteiger partial charge in [0.15, 0.2) is 0 Å². The van der Waals surface area contributed by atoms with Crippen molar-refractivity contribution in [3.8, 4) is 0 Å². The van der Waals surface area contributed by atoms with Gasteiger partial charge < -0.3 is 19.7 Å². The molecule has 1 aromatic carbocycles. The summed E-state index contributed by atoms with van der Waals surface area (Å²) in [4.78, 5) is 0. The average molecular weight is 321 g/mol. The van der Waals surface area contributed by atoms with Crippen LogP contribution in [0.5, 0.6) is 0 Å². The SMILES string of the molecule is CNCC(=Cc1cc(CO)ccc1F)B1OC(C)(C)C(C)(C)O1. The van der Waals surface area contributed by atoms with Crippen LogP contribution in [-0.4, -0.2) is 37.0 Å². The van der Waals surface area contributed by atoms with Gasteiger partial charge in [-0.1, -0.05) is 12.1 Å². The van der Waals surface area contributed by atoms with Crippen LogP contribution in [-0.2, 0) is 15.9 Å². The summed E-state index contributed by atoms with van der Waals surface area (Å²) in [5, 5.41) is 12.3. The second-order valence-electron chi connectivity index (χ2n) is 6.85. The minimum Gasteiger partial charge on any atom is -0.400 e. The van der Waals surface area contributed by atoms with Gasteiger partial charge in [-0.2, -0.15) is 0 Å². The maximum absolute atomic E-state index is 14.1. The molecule has 4 nitrogen and oxygen atoms in total. The lowest BCUT2D eigenvalue weighted by Gasteiger charge is -2.32. The zero-order valence-corrected chi connectivity index (χ0v) is 14.4. The Morgan fingerprint density at radius 3 is 2.39 bits per heavy atom. The van der Waals surface area contributed by atoms with Gasteiger partial charge in [0.25, 0.3) is 0 Å². The van der Waals surface area contributed by atoms with Crippen LogP contribution in [0.15, 0.2) is 23.7 Å². The minimum absolute atomic E-state index is 0.126. The molecule has 1 heterocycles. The van der Waals surface area contributed by atoms with Crippen LogP contribution in [0.3, 0.4) is 0 Å². The molecule has 0 spiro atoms. The van der Waals surface area contributed by atoms with Gasteiger partial charge in [-0.15, -0.1) is 0 Å². The summed E-state index contributed by atoms with van der Waals surface area (Å²) < 4.78 is 26.2. The molecule has 1 fully saturated rings. The predicted molar refractivity (Wildman–Crippen MR) is 90.3 cm³/mol. The molecule has 1 aromatic rings. The molecule has 6 heteroatoms. The molecule has 2 N–H and O–H groups in total. The number of aliphatic hydroxyl groups is 1. The summed E-state index contributed by atoms with van der Waals surface area (Å²) in [5.41, 5.74) is 0.985. The summed E-state index contributed by atoms with van der Waals surface area (Å²) in [6.45, 7) is 8.32. The van der Waals surface area contributed by atoms with Gasteiger partial charge in [0.1, 0.15) is 5.82 Å². The van der Waals surface area contributed by atoms with Crippen molar-refractivity contribution in [2.45, 2.75) is 45.5 Å². The number of hydrogen-bond donors (Lipinski definition) is 2. The molecular formula is C17H25BFNO3. The third-order valence-corrected chi connectivity index (χ3v) is 4.52. The van der Waals surface area contributed by atoms with Crippen LogP contribution >= 0.6 is 0 Å². The molecule has 0 atom stereocenters. The Labute approximate surface area is 137 Å². The predicted octanol–water partition coefficient (Wildman–Crippen LogP) is 2.55. The maximum Gasteiger partial charge on any atom is 0.491 e. The van der Waals surface area contributed by atoms with Crippen molar-refractivity contribution >= 4 is 13.2 Å². The van der Waals surface area contributed by atoms with Crippen LogP contribution in [0.25, 0.3) is 6.08 Å². The molecule has 0 aromatic heterocycles. The summed E-state index contributed by atoms with van der Waals surface area (Å²) in [6.07, 6.45) is 1.73. The Bertz CT molecular complexity index is 586. The minimum atomic E-state index is -0.537. The summed E-state index contributed by atoms with van der Waals surface area (Å²) in [5.74, 6) is -0.340. The first-order valence-electron chi connectivity index (χ1n) is 7.80. The Morgan fingerprint density at radius 1 is 1.26 bits per heavy atom. The van der Waals surface area contributed by atoms with Gasteiger partial charge in [-0.25, -0.2) is 4.39 Å². The quantitative estimate of drug-likeness (QED) is 0.819. The highest BCUT2D eigenvalue weighted by Crippen LogP contribution is 2.38. The zero-order valence-electron chi connectivity index (χ0n) is 14.4. The normalized spacial score (nSPS) is 20.1. The number of nitrogens with one attached hydrogen (secondary N) is 1. The van der Waals surface area contributed by atoms with E-state index in [1.54, 1.807) is 18.2 Å². The van der Waals surface area contributed by atoms with Crippen LogP contribution in [0.4, 0.5) is 4.39 Å². The van der Waals surface area contributed by atoms with Crippen LogP contribution in [0, 0.1) is 5.82 Å². The van der Waals surface area contributed by atoms with Gasteiger partial charge in [-0.3, -0.25) is 0 Å². The molecule has 0 aliphatic carbocycles. The lowest BCUT2D eigenvalue weighted by atomic mass is 9.77. The summed E-state index contributed by atoms with van der Waals surface area (Å²) in [6, 6.07) is 4.56. The van der Waals surface area contributed by atoms with Crippen molar-refractivity contribution < 1.29 is 18.8 Å². The van der Waals surface area contributed by atoms with Crippen LogP contribution in [0.2, 0.25) is 0 Å². The molecule has 0 bridgehead atoms. The smallest absolute Gasteiger partial charge is 0.400 e.